The predicted octanol–water partition coefficient (Wildman–Crippen LogP) is 2.10. The van der Waals surface area contributed by atoms with E-state index in [2.05, 4.69) is 33.8 Å². The van der Waals surface area contributed by atoms with Gasteiger partial charge >= 0.3 is 0 Å². The van der Waals surface area contributed by atoms with Gasteiger partial charge in [0, 0.05) is 32.2 Å². The topological polar surface area (TPSA) is 57.3 Å². The molecular weight excluding hydrogens is 272 g/mol. The summed E-state index contributed by atoms with van der Waals surface area (Å²) in [4.78, 5) is 14.8. The van der Waals surface area contributed by atoms with Gasteiger partial charge in [-0.2, -0.15) is 4.37 Å². The summed E-state index contributed by atoms with van der Waals surface area (Å²) in [5, 5.41) is 7.05. The lowest BCUT2D eigenvalue weighted by Gasteiger charge is -2.34. The summed E-state index contributed by atoms with van der Waals surface area (Å²) in [6.07, 6.45) is 2.05. The van der Waals surface area contributed by atoms with Crippen LogP contribution >= 0.6 is 11.5 Å². The highest BCUT2D eigenvalue weighted by atomic mass is 32.1. The third-order valence-electron chi connectivity index (χ3n) is 3.91. The van der Waals surface area contributed by atoms with Crippen molar-refractivity contribution in [2.45, 2.75) is 45.7 Å². The molecule has 0 bridgehead atoms. The monoisotopic (exact) mass is 296 g/mol. The molecule has 112 valence electrons. The van der Waals surface area contributed by atoms with Crippen LogP contribution in [0.25, 0.3) is 0 Å². The minimum atomic E-state index is 0.00333. The number of nitrogens with one attached hydrogen (secondary N) is 2. The first kappa shape index (κ1) is 15.3. The molecule has 1 aromatic heterocycles. The van der Waals surface area contributed by atoms with Gasteiger partial charge in [-0.1, -0.05) is 0 Å². The summed E-state index contributed by atoms with van der Waals surface area (Å²) in [6, 6.07) is 0.868. The Bertz CT molecular complexity index is 464. The first-order chi connectivity index (χ1) is 9.52. The molecule has 1 aromatic rings. The molecule has 1 aliphatic rings. The number of amides is 1. The lowest BCUT2D eigenvalue weighted by molar-refractivity contribution is 0.0901. The molecule has 0 aliphatic carbocycles. The summed E-state index contributed by atoms with van der Waals surface area (Å²) in [5.41, 5.74) is 1.50. The van der Waals surface area contributed by atoms with Gasteiger partial charge in [-0.15, -0.1) is 0 Å². The van der Waals surface area contributed by atoms with Crippen LogP contribution in [0.2, 0.25) is 0 Å². The number of carbonyl (C=O) groups excluding carboxylic acids is 1. The largest absolute Gasteiger partial charge is 0.378 e. The highest BCUT2D eigenvalue weighted by molar-refractivity contribution is 7.10. The van der Waals surface area contributed by atoms with Gasteiger partial charge in [-0.3, -0.25) is 4.79 Å². The molecule has 0 saturated carbocycles. The Hall–Kier alpha value is -1.14. The summed E-state index contributed by atoms with van der Waals surface area (Å²) >= 11 is 1.34. The number of carbonyl (C=O) groups is 1. The van der Waals surface area contributed by atoms with Crippen molar-refractivity contribution in [1.29, 1.82) is 0 Å². The van der Waals surface area contributed by atoms with Gasteiger partial charge in [0.25, 0.3) is 5.91 Å². The number of hydrogen-bond acceptors (Lipinski definition) is 5. The molecule has 1 fully saturated rings. The van der Waals surface area contributed by atoms with Crippen LogP contribution in [0.1, 0.15) is 42.7 Å². The van der Waals surface area contributed by atoms with Crippen LogP contribution in [-0.2, 0) is 0 Å². The zero-order chi connectivity index (χ0) is 14.7. The molecule has 0 radical (unpaired) electrons. The van der Waals surface area contributed by atoms with Gasteiger partial charge in [0.2, 0.25) is 0 Å². The number of nitrogens with zero attached hydrogens (tertiary/aromatic N) is 2. The van der Waals surface area contributed by atoms with Crippen LogP contribution in [0.15, 0.2) is 0 Å². The van der Waals surface area contributed by atoms with E-state index in [0.29, 0.717) is 11.6 Å². The molecular formula is C14H24N4OS. The number of anilines is 1. The minimum Gasteiger partial charge on any atom is -0.378 e. The van der Waals surface area contributed by atoms with Crippen LogP contribution in [0.3, 0.4) is 0 Å². The second kappa shape index (κ2) is 6.54. The summed E-state index contributed by atoms with van der Waals surface area (Å²) in [5.74, 6) is 0.00333. The lowest BCUT2D eigenvalue weighted by atomic mass is 10.0. The predicted molar refractivity (Wildman–Crippen MR) is 83.6 cm³/mol. The number of hydrogen-bond donors (Lipinski definition) is 2. The van der Waals surface area contributed by atoms with E-state index in [9.17, 15) is 4.79 Å². The normalized spacial score (nSPS) is 17.4. The lowest BCUT2D eigenvalue weighted by Crippen LogP contribution is -2.46. The summed E-state index contributed by atoms with van der Waals surface area (Å²) in [7, 11) is 1.82. The fourth-order valence-corrected chi connectivity index (χ4v) is 3.37. The number of aromatic nitrogens is 1. The van der Waals surface area contributed by atoms with Gasteiger partial charge in [-0.25, -0.2) is 0 Å². The third kappa shape index (κ3) is 3.30. The van der Waals surface area contributed by atoms with Crippen LogP contribution < -0.4 is 10.6 Å². The quantitative estimate of drug-likeness (QED) is 0.893. The Morgan fingerprint density at radius 3 is 2.60 bits per heavy atom. The Morgan fingerprint density at radius 2 is 2.05 bits per heavy atom. The number of aryl methyl sites for hydroxylation is 1. The smallest absolute Gasteiger partial charge is 0.256 e. The van der Waals surface area contributed by atoms with E-state index in [4.69, 9.17) is 0 Å². The Labute approximate surface area is 124 Å². The van der Waals surface area contributed by atoms with Gasteiger partial charge in [0.1, 0.15) is 5.00 Å². The molecule has 0 atom stereocenters. The van der Waals surface area contributed by atoms with Crippen molar-refractivity contribution in [3.63, 3.8) is 0 Å². The van der Waals surface area contributed by atoms with Gasteiger partial charge in [-0.05, 0) is 45.1 Å². The molecule has 2 rings (SSSR count). The second-order valence-corrected chi connectivity index (χ2v) is 6.37. The van der Waals surface area contributed by atoms with Crippen LogP contribution in [0, 0.1) is 6.92 Å². The molecule has 6 heteroatoms. The van der Waals surface area contributed by atoms with E-state index < -0.39 is 0 Å². The van der Waals surface area contributed by atoms with Crippen molar-refractivity contribution in [3.05, 3.63) is 11.3 Å². The molecule has 2 heterocycles. The fraction of sp³-hybridized carbons (Fsp3) is 0.714. The summed E-state index contributed by atoms with van der Waals surface area (Å²) < 4.78 is 4.25. The highest BCUT2D eigenvalue weighted by Gasteiger charge is 2.24. The van der Waals surface area contributed by atoms with Crippen molar-refractivity contribution < 1.29 is 4.79 Å². The second-order valence-electron chi connectivity index (χ2n) is 5.60. The van der Waals surface area contributed by atoms with E-state index in [0.717, 1.165) is 36.6 Å². The fourth-order valence-electron chi connectivity index (χ4n) is 2.63. The zero-order valence-electron chi connectivity index (χ0n) is 12.7. The highest BCUT2D eigenvalue weighted by Crippen LogP contribution is 2.24. The Morgan fingerprint density at radius 1 is 1.40 bits per heavy atom. The van der Waals surface area contributed by atoms with E-state index >= 15 is 0 Å². The molecule has 1 aliphatic heterocycles. The molecule has 2 N–H and O–H groups in total. The zero-order valence-corrected chi connectivity index (χ0v) is 13.5. The molecule has 1 amide bonds. The number of rotatable bonds is 4. The van der Waals surface area contributed by atoms with Gasteiger partial charge < -0.3 is 15.5 Å². The van der Waals surface area contributed by atoms with Crippen molar-refractivity contribution >= 4 is 22.4 Å². The van der Waals surface area contributed by atoms with Gasteiger partial charge in [0.05, 0.1) is 11.3 Å². The first-order valence-corrected chi connectivity index (χ1v) is 7.99. The molecule has 0 unspecified atom stereocenters. The van der Waals surface area contributed by atoms with Crippen LogP contribution in [0.4, 0.5) is 5.00 Å². The average Bonchev–Trinajstić information content (AvgIpc) is 2.80. The molecule has 20 heavy (non-hydrogen) atoms. The van der Waals surface area contributed by atoms with Crippen LogP contribution in [0.5, 0.6) is 0 Å². The van der Waals surface area contributed by atoms with E-state index in [1.165, 1.54) is 11.5 Å². The van der Waals surface area contributed by atoms with E-state index in [-0.39, 0.29) is 11.9 Å². The SMILES string of the molecule is CNc1snc(C)c1C(=O)NC1CCN(C(C)C)CC1. The number of piperidine rings is 1. The molecule has 0 spiro atoms. The standard InChI is InChI=1S/C14H24N4OS/c1-9(2)18-7-5-11(6-8-18)16-13(19)12-10(3)17-20-14(12)15-4/h9,11,15H,5-8H2,1-4H3,(H,16,19). The minimum absolute atomic E-state index is 0.00333. The van der Waals surface area contributed by atoms with Crippen molar-refractivity contribution in [2.75, 3.05) is 25.5 Å². The molecule has 5 nitrogen and oxygen atoms in total. The number of likely N-dealkylation sites (tertiary alicyclic amines) is 1. The molecule has 1 saturated heterocycles. The summed E-state index contributed by atoms with van der Waals surface area (Å²) in [6.45, 7) is 8.44. The maximum atomic E-state index is 12.4. The first-order valence-electron chi connectivity index (χ1n) is 7.21. The van der Waals surface area contributed by atoms with Crippen molar-refractivity contribution in [2.24, 2.45) is 0 Å². The maximum absolute atomic E-state index is 12.4. The Balaban J connectivity index is 1.94. The average molecular weight is 296 g/mol. The van der Waals surface area contributed by atoms with Crippen molar-refractivity contribution in [1.82, 2.24) is 14.6 Å². The Kier molecular flexibility index (Phi) is 4.99. The van der Waals surface area contributed by atoms with Crippen LogP contribution in [-0.4, -0.2) is 47.4 Å². The third-order valence-corrected chi connectivity index (χ3v) is 4.87. The van der Waals surface area contributed by atoms with E-state index in [1.807, 2.05) is 14.0 Å². The molecule has 0 aromatic carbocycles. The maximum Gasteiger partial charge on any atom is 0.256 e. The van der Waals surface area contributed by atoms with E-state index in [1.54, 1.807) is 0 Å². The van der Waals surface area contributed by atoms with Gasteiger partial charge in [0.15, 0.2) is 0 Å². The van der Waals surface area contributed by atoms with Crippen molar-refractivity contribution in [3.8, 4) is 0 Å².